The number of sulfonamides is 1. The van der Waals surface area contributed by atoms with Gasteiger partial charge in [-0.05, 0) is 12.5 Å². The molecule has 0 saturated carbocycles. The van der Waals surface area contributed by atoms with Gasteiger partial charge in [-0.1, -0.05) is 6.92 Å². The van der Waals surface area contributed by atoms with E-state index in [2.05, 4.69) is 0 Å². The molecule has 0 atom stereocenters. The minimum atomic E-state index is -3.94. The van der Waals surface area contributed by atoms with Crippen LogP contribution in [0.5, 0.6) is 0 Å². The molecule has 0 fully saturated rings. The van der Waals surface area contributed by atoms with Gasteiger partial charge < -0.3 is 5.11 Å². The molecule has 1 heterocycles. The van der Waals surface area contributed by atoms with E-state index in [0.29, 0.717) is 11.3 Å². The lowest BCUT2D eigenvalue weighted by Gasteiger charge is -1.94. The Morgan fingerprint density at radius 3 is 2.50 bits per heavy atom. The standard InChI is InChI=1S/C7H9NO4S2/c1-2-4-3-5(14(8,11)12)6(13-4)7(9)10/h3H,2H2,1H3,(H,9,10)(H2,8,11,12). The summed E-state index contributed by atoms with van der Waals surface area (Å²) in [5.74, 6) is -1.27. The van der Waals surface area contributed by atoms with Crippen molar-refractivity contribution in [3.63, 3.8) is 0 Å². The van der Waals surface area contributed by atoms with Gasteiger partial charge in [0.2, 0.25) is 10.0 Å². The van der Waals surface area contributed by atoms with Gasteiger partial charge in [-0.25, -0.2) is 18.4 Å². The first kappa shape index (κ1) is 11.2. The third kappa shape index (κ3) is 2.11. The van der Waals surface area contributed by atoms with E-state index in [0.717, 1.165) is 11.3 Å². The number of carboxylic acids is 1. The molecule has 0 amide bonds. The second-order valence-corrected chi connectivity index (χ2v) is 5.28. The Hall–Kier alpha value is -0.920. The smallest absolute Gasteiger partial charge is 0.347 e. The van der Waals surface area contributed by atoms with E-state index in [4.69, 9.17) is 10.2 Å². The molecule has 0 unspecified atom stereocenters. The normalized spacial score (nSPS) is 11.6. The zero-order chi connectivity index (χ0) is 10.9. The van der Waals surface area contributed by atoms with Crippen LogP contribution in [0.15, 0.2) is 11.0 Å². The molecule has 78 valence electrons. The van der Waals surface area contributed by atoms with Crippen molar-refractivity contribution in [1.29, 1.82) is 0 Å². The number of thiophene rings is 1. The minimum Gasteiger partial charge on any atom is -0.477 e. The Morgan fingerprint density at radius 1 is 1.64 bits per heavy atom. The van der Waals surface area contributed by atoms with Gasteiger partial charge in [0.25, 0.3) is 0 Å². The van der Waals surface area contributed by atoms with Crippen molar-refractivity contribution < 1.29 is 18.3 Å². The van der Waals surface area contributed by atoms with E-state index in [1.165, 1.54) is 6.07 Å². The van der Waals surface area contributed by atoms with Crippen molar-refractivity contribution in [3.8, 4) is 0 Å². The maximum absolute atomic E-state index is 11.0. The third-order valence-electron chi connectivity index (χ3n) is 1.60. The van der Waals surface area contributed by atoms with E-state index in [9.17, 15) is 13.2 Å². The van der Waals surface area contributed by atoms with Crippen molar-refractivity contribution in [2.24, 2.45) is 5.14 Å². The molecule has 0 aliphatic rings. The zero-order valence-electron chi connectivity index (χ0n) is 7.35. The van der Waals surface area contributed by atoms with Crippen molar-refractivity contribution in [2.75, 3.05) is 0 Å². The quantitative estimate of drug-likeness (QED) is 0.804. The number of hydrogen-bond donors (Lipinski definition) is 2. The summed E-state index contributed by atoms with van der Waals surface area (Å²) < 4.78 is 22.0. The van der Waals surface area contributed by atoms with E-state index in [1.54, 1.807) is 0 Å². The molecule has 0 saturated heterocycles. The van der Waals surface area contributed by atoms with Crippen LogP contribution in [-0.4, -0.2) is 19.5 Å². The summed E-state index contributed by atoms with van der Waals surface area (Å²) in [5, 5.41) is 13.6. The predicted molar refractivity (Wildman–Crippen MR) is 52.0 cm³/mol. The molecule has 1 rings (SSSR count). The van der Waals surface area contributed by atoms with Crippen LogP contribution in [0, 0.1) is 0 Å². The summed E-state index contributed by atoms with van der Waals surface area (Å²) in [7, 11) is -3.94. The lowest BCUT2D eigenvalue weighted by Crippen LogP contribution is -2.14. The van der Waals surface area contributed by atoms with E-state index in [1.807, 2.05) is 6.92 Å². The first-order chi connectivity index (χ1) is 6.36. The number of carboxylic acid groups (broad SMARTS) is 1. The van der Waals surface area contributed by atoms with Crippen molar-refractivity contribution >= 4 is 27.3 Å². The molecule has 3 N–H and O–H groups in total. The molecule has 0 aliphatic heterocycles. The Bertz CT molecular complexity index is 460. The molecular weight excluding hydrogens is 226 g/mol. The molecule has 1 aromatic heterocycles. The van der Waals surface area contributed by atoms with E-state index in [-0.39, 0.29) is 9.77 Å². The highest BCUT2D eigenvalue weighted by atomic mass is 32.2. The van der Waals surface area contributed by atoms with Gasteiger partial charge >= 0.3 is 5.97 Å². The van der Waals surface area contributed by atoms with Crippen LogP contribution in [-0.2, 0) is 16.4 Å². The maximum atomic E-state index is 11.0. The topological polar surface area (TPSA) is 97.5 Å². The summed E-state index contributed by atoms with van der Waals surface area (Å²) in [6.45, 7) is 1.81. The fourth-order valence-electron chi connectivity index (χ4n) is 0.957. The summed E-state index contributed by atoms with van der Waals surface area (Å²) in [6, 6.07) is 1.31. The number of rotatable bonds is 3. The summed E-state index contributed by atoms with van der Waals surface area (Å²) in [6.07, 6.45) is 0.584. The monoisotopic (exact) mass is 235 g/mol. The lowest BCUT2D eigenvalue weighted by molar-refractivity contribution is 0.0698. The van der Waals surface area contributed by atoms with Gasteiger partial charge in [0.15, 0.2) is 0 Å². The molecular formula is C7H9NO4S2. The van der Waals surface area contributed by atoms with Gasteiger partial charge in [-0.15, -0.1) is 11.3 Å². The maximum Gasteiger partial charge on any atom is 0.347 e. The van der Waals surface area contributed by atoms with Crippen LogP contribution in [0.4, 0.5) is 0 Å². The SMILES string of the molecule is CCc1cc(S(N)(=O)=O)c(C(=O)O)s1. The number of hydrogen-bond acceptors (Lipinski definition) is 4. The van der Waals surface area contributed by atoms with Crippen LogP contribution in [0.25, 0.3) is 0 Å². The first-order valence-electron chi connectivity index (χ1n) is 3.75. The minimum absolute atomic E-state index is 0.218. The molecule has 0 aliphatic carbocycles. The van der Waals surface area contributed by atoms with Crippen molar-refractivity contribution in [2.45, 2.75) is 18.2 Å². The molecule has 7 heteroatoms. The van der Waals surface area contributed by atoms with Gasteiger partial charge in [-0.3, -0.25) is 0 Å². The number of primary sulfonamides is 1. The fraction of sp³-hybridized carbons (Fsp3) is 0.286. The second-order valence-electron chi connectivity index (χ2n) is 2.61. The summed E-state index contributed by atoms with van der Waals surface area (Å²) in [5.41, 5.74) is 0. The molecule has 5 nitrogen and oxygen atoms in total. The lowest BCUT2D eigenvalue weighted by atomic mass is 10.3. The fourth-order valence-corrected chi connectivity index (χ4v) is 2.99. The molecule has 0 radical (unpaired) electrons. The van der Waals surface area contributed by atoms with Crippen LogP contribution < -0.4 is 5.14 Å². The number of carbonyl (C=O) groups is 1. The Labute approximate surface area is 85.2 Å². The van der Waals surface area contributed by atoms with E-state index >= 15 is 0 Å². The van der Waals surface area contributed by atoms with Gasteiger partial charge in [0.1, 0.15) is 9.77 Å². The average Bonchev–Trinajstić information content (AvgIpc) is 2.46. The largest absolute Gasteiger partial charge is 0.477 e. The molecule has 0 spiro atoms. The number of nitrogens with two attached hydrogens (primary N) is 1. The van der Waals surface area contributed by atoms with Crippen molar-refractivity contribution in [1.82, 2.24) is 0 Å². The molecule has 0 bridgehead atoms. The highest BCUT2D eigenvalue weighted by Gasteiger charge is 2.22. The summed E-state index contributed by atoms with van der Waals surface area (Å²) in [4.78, 5) is 10.9. The average molecular weight is 235 g/mol. The van der Waals surface area contributed by atoms with Gasteiger partial charge in [0, 0.05) is 4.88 Å². The van der Waals surface area contributed by atoms with Crippen LogP contribution >= 0.6 is 11.3 Å². The van der Waals surface area contributed by atoms with Crippen LogP contribution in [0.2, 0.25) is 0 Å². The van der Waals surface area contributed by atoms with Crippen molar-refractivity contribution in [3.05, 3.63) is 15.8 Å². The number of aryl methyl sites for hydroxylation is 1. The van der Waals surface area contributed by atoms with Gasteiger partial charge in [-0.2, -0.15) is 0 Å². The van der Waals surface area contributed by atoms with Crippen LogP contribution in [0.1, 0.15) is 21.5 Å². The Balaban J connectivity index is 3.42. The summed E-state index contributed by atoms with van der Waals surface area (Å²) >= 11 is 0.936. The van der Waals surface area contributed by atoms with Gasteiger partial charge in [0.05, 0.1) is 0 Å². The highest BCUT2D eigenvalue weighted by molar-refractivity contribution is 7.89. The van der Waals surface area contributed by atoms with E-state index < -0.39 is 16.0 Å². The van der Waals surface area contributed by atoms with Crippen LogP contribution in [0.3, 0.4) is 0 Å². The second kappa shape index (κ2) is 3.68. The third-order valence-corrected chi connectivity index (χ3v) is 3.93. The Morgan fingerprint density at radius 2 is 2.21 bits per heavy atom. The molecule has 14 heavy (non-hydrogen) atoms. The molecule has 1 aromatic rings. The first-order valence-corrected chi connectivity index (χ1v) is 6.11. The zero-order valence-corrected chi connectivity index (χ0v) is 8.98. The molecule has 0 aromatic carbocycles. The number of aromatic carboxylic acids is 1. The predicted octanol–water partition coefficient (Wildman–Crippen LogP) is 0.656. The highest BCUT2D eigenvalue weighted by Crippen LogP contribution is 2.25. The Kier molecular flexibility index (Phi) is 2.93.